The smallest absolute Gasteiger partial charge is 0.408 e. The summed E-state index contributed by atoms with van der Waals surface area (Å²) in [6.07, 6.45) is -4.65. The molecule has 2 aromatic carbocycles. The number of ether oxygens (including phenoxy) is 8. The number of epoxide rings is 1. The number of rotatable bonds is 13. The summed E-state index contributed by atoms with van der Waals surface area (Å²) >= 11 is 0. The molecule has 1 saturated carbocycles. The zero-order valence-corrected chi connectivity index (χ0v) is 28.7. The maximum atomic E-state index is 13.6. The van der Waals surface area contributed by atoms with Crippen molar-refractivity contribution in [2.75, 3.05) is 20.0 Å². The fourth-order valence-electron chi connectivity index (χ4n) is 6.77. The predicted octanol–water partition coefficient (Wildman–Crippen LogP) is 4.11. The first-order valence-electron chi connectivity index (χ1n) is 16.3. The van der Waals surface area contributed by atoms with Gasteiger partial charge in [-0.3, -0.25) is 4.79 Å². The molecule has 7 atom stereocenters. The predicted molar refractivity (Wildman–Crippen MR) is 172 cm³/mol. The van der Waals surface area contributed by atoms with Crippen molar-refractivity contribution < 1.29 is 57.1 Å². The number of esters is 2. The van der Waals surface area contributed by atoms with E-state index in [9.17, 15) is 19.2 Å². The molecule has 49 heavy (non-hydrogen) atoms. The second-order valence-corrected chi connectivity index (χ2v) is 13.9. The van der Waals surface area contributed by atoms with E-state index in [0.29, 0.717) is 11.8 Å². The summed E-state index contributed by atoms with van der Waals surface area (Å²) in [5.41, 5.74) is -2.78. The van der Waals surface area contributed by atoms with Gasteiger partial charge in [-0.1, -0.05) is 48.5 Å². The summed E-state index contributed by atoms with van der Waals surface area (Å²) in [5.74, 6) is -3.39. The van der Waals surface area contributed by atoms with Crippen LogP contribution in [-0.4, -0.2) is 91.3 Å². The zero-order valence-electron chi connectivity index (χ0n) is 28.7. The molecule has 13 nitrogen and oxygen atoms in total. The van der Waals surface area contributed by atoms with Crippen LogP contribution in [0.2, 0.25) is 0 Å². The SMILES string of the molecule is CC(=O)OC1C(C2COC(C)(C)O2)[C@@](CC=O)(NC(=O)OC(C)(C)C)C(OCOCc2ccccc2)C2O[C@]21COC(=O)c1ccccc1. The van der Waals surface area contributed by atoms with Gasteiger partial charge in [-0.25, -0.2) is 9.59 Å². The molecule has 1 amide bonds. The molecule has 3 fully saturated rings. The van der Waals surface area contributed by atoms with Gasteiger partial charge < -0.3 is 48.0 Å². The summed E-state index contributed by atoms with van der Waals surface area (Å²) in [7, 11) is 0. The maximum Gasteiger partial charge on any atom is 0.408 e. The number of fused-ring (bicyclic) bond motifs is 1. The molecule has 2 aromatic rings. The Morgan fingerprint density at radius 3 is 2.24 bits per heavy atom. The van der Waals surface area contributed by atoms with Crippen molar-refractivity contribution in [2.45, 2.75) is 102 Å². The molecule has 266 valence electrons. The summed E-state index contributed by atoms with van der Waals surface area (Å²) in [5, 5.41) is 2.93. The number of benzene rings is 2. The van der Waals surface area contributed by atoms with E-state index in [-0.39, 0.29) is 33.0 Å². The second-order valence-electron chi connectivity index (χ2n) is 13.9. The zero-order chi connectivity index (χ0) is 35.5. The van der Waals surface area contributed by atoms with E-state index < -0.39 is 70.9 Å². The number of hydrogen-bond donors (Lipinski definition) is 1. The van der Waals surface area contributed by atoms with Gasteiger partial charge >= 0.3 is 18.0 Å². The van der Waals surface area contributed by atoms with E-state index in [1.807, 2.05) is 30.3 Å². The van der Waals surface area contributed by atoms with E-state index in [1.165, 1.54) is 6.92 Å². The molecule has 5 rings (SSSR count). The van der Waals surface area contributed by atoms with Gasteiger partial charge in [0.15, 0.2) is 11.4 Å². The molecule has 0 spiro atoms. The van der Waals surface area contributed by atoms with Crippen LogP contribution in [0.5, 0.6) is 0 Å². The van der Waals surface area contributed by atoms with Gasteiger partial charge in [0, 0.05) is 13.3 Å². The summed E-state index contributed by atoms with van der Waals surface area (Å²) in [6, 6.07) is 17.9. The van der Waals surface area contributed by atoms with Crippen molar-refractivity contribution in [1.82, 2.24) is 5.32 Å². The number of nitrogens with one attached hydrogen (secondary N) is 1. The molecule has 0 radical (unpaired) electrons. The third-order valence-corrected chi connectivity index (χ3v) is 8.72. The topological polar surface area (TPSA) is 157 Å². The number of amides is 1. The van der Waals surface area contributed by atoms with E-state index in [0.717, 1.165) is 5.56 Å². The van der Waals surface area contributed by atoms with Crippen molar-refractivity contribution in [2.24, 2.45) is 5.92 Å². The average Bonchev–Trinajstić information content (AvgIpc) is 3.66. The van der Waals surface area contributed by atoms with Gasteiger partial charge in [0.25, 0.3) is 0 Å². The highest BCUT2D eigenvalue weighted by atomic mass is 16.7. The Balaban J connectivity index is 1.57. The molecule has 2 aliphatic heterocycles. The van der Waals surface area contributed by atoms with Crippen LogP contribution in [0.4, 0.5) is 4.79 Å². The molecular formula is C36H45NO12. The highest BCUT2D eigenvalue weighted by Crippen LogP contribution is 2.58. The van der Waals surface area contributed by atoms with Gasteiger partial charge in [-0.05, 0) is 52.3 Å². The molecule has 1 N–H and O–H groups in total. The van der Waals surface area contributed by atoms with Crippen LogP contribution in [0.15, 0.2) is 60.7 Å². The molecule has 5 unspecified atom stereocenters. The molecule has 13 heteroatoms. The minimum Gasteiger partial charge on any atom is -0.459 e. The summed E-state index contributed by atoms with van der Waals surface area (Å²) in [6.45, 7) is 9.40. The van der Waals surface area contributed by atoms with Gasteiger partial charge in [0.05, 0.1) is 36.3 Å². The largest absolute Gasteiger partial charge is 0.459 e. The molecule has 0 bridgehead atoms. The van der Waals surface area contributed by atoms with Crippen LogP contribution in [0, 0.1) is 5.92 Å². The molecule has 2 heterocycles. The normalized spacial score (nSPS) is 30.0. The second kappa shape index (κ2) is 14.5. The van der Waals surface area contributed by atoms with E-state index in [4.69, 9.17) is 37.9 Å². The lowest BCUT2D eigenvalue weighted by molar-refractivity contribution is -0.204. The van der Waals surface area contributed by atoms with Gasteiger partial charge in [-0.2, -0.15) is 0 Å². The van der Waals surface area contributed by atoms with Crippen molar-refractivity contribution in [3.63, 3.8) is 0 Å². The van der Waals surface area contributed by atoms with Crippen molar-refractivity contribution in [1.29, 1.82) is 0 Å². The van der Waals surface area contributed by atoms with Crippen LogP contribution in [0.25, 0.3) is 0 Å². The maximum absolute atomic E-state index is 13.6. The number of alkyl carbamates (subject to hydrolysis) is 1. The van der Waals surface area contributed by atoms with E-state index in [2.05, 4.69) is 5.32 Å². The molecule has 3 aliphatic rings. The van der Waals surface area contributed by atoms with Crippen LogP contribution >= 0.6 is 0 Å². The number of carbonyl (C=O) groups excluding carboxylic acids is 4. The first-order valence-corrected chi connectivity index (χ1v) is 16.3. The van der Waals surface area contributed by atoms with E-state index in [1.54, 1.807) is 65.0 Å². The van der Waals surface area contributed by atoms with Gasteiger partial charge in [-0.15, -0.1) is 0 Å². The van der Waals surface area contributed by atoms with Crippen molar-refractivity contribution in [3.05, 3.63) is 71.8 Å². The third-order valence-electron chi connectivity index (χ3n) is 8.72. The Morgan fingerprint density at radius 2 is 1.65 bits per heavy atom. The highest BCUT2D eigenvalue weighted by molar-refractivity contribution is 5.89. The summed E-state index contributed by atoms with van der Waals surface area (Å²) in [4.78, 5) is 52.2. The van der Waals surface area contributed by atoms with Gasteiger partial charge in [0.1, 0.15) is 43.6 Å². The Bertz CT molecular complexity index is 1480. The molecule has 0 aromatic heterocycles. The average molecular weight is 684 g/mol. The molecule has 2 saturated heterocycles. The van der Waals surface area contributed by atoms with Crippen LogP contribution < -0.4 is 5.32 Å². The van der Waals surface area contributed by atoms with Crippen molar-refractivity contribution >= 4 is 24.3 Å². The van der Waals surface area contributed by atoms with Crippen molar-refractivity contribution in [3.8, 4) is 0 Å². The Labute approximate surface area is 285 Å². The van der Waals surface area contributed by atoms with Crippen LogP contribution in [0.3, 0.4) is 0 Å². The standard InChI is InChI=1S/C36H45NO12/c1-23(39)46-28-27(26-20-45-34(5,6)47-26)35(17-18-38,37-32(41)49-33(2,3)4)29(44-22-42-19-24-13-9-7-10-14-24)30-36(28,48-30)21-43-31(40)25-15-11-8-12-16-25/h7-16,18,26-30H,17,19-22H2,1-6H3,(H,37,41)/t26?,27?,28?,29?,30?,35-,36+/m1/s1. The third kappa shape index (κ3) is 8.30. The van der Waals surface area contributed by atoms with E-state index >= 15 is 0 Å². The van der Waals surface area contributed by atoms with Gasteiger partial charge in [0.2, 0.25) is 0 Å². The summed E-state index contributed by atoms with van der Waals surface area (Å²) < 4.78 is 48.4. The minimum absolute atomic E-state index is 0.00775. The number of hydrogen-bond acceptors (Lipinski definition) is 12. The minimum atomic E-state index is -1.65. The first-order chi connectivity index (χ1) is 23.2. The Hall–Kier alpha value is -3.88. The number of carbonyl (C=O) groups is 4. The Kier molecular flexibility index (Phi) is 10.8. The number of aldehydes is 1. The molecule has 1 aliphatic carbocycles. The fourth-order valence-corrected chi connectivity index (χ4v) is 6.77. The van der Waals surface area contributed by atoms with Crippen LogP contribution in [0.1, 0.15) is 63.9 Å². The lowest BCUT2D eigenvalue weighted by atomic mass is 9.61. The quantitative estimate of drug-likeness (QED) is 0.0806. The monoisotopic (exact) mass is 683 g/mol. The van der Waals surface area contributed by atoms with Crippen LogP contribution in [-0.2, 0) is 54.1 Å². The lowest BCUT2D eigenvalue weighted by Crippen LogP contribution is -2.75. The molecular weight excluding hydrogens is 638 g/mol. The first kappa shape index (κ1) is 36.4. The lowest BCUT2D eigenvalue weighted by Gasteiger charge is -2.52. The fraction of sp³-hybridized carbons (Fsp3) is 0.556. The highest BCUT2D eigenvalue weighted by Gasteiger charge is 2.80. The Morgan fingerprint density at radius 1 is 0.980 bits per heavy atom.